The zero-order valence-corrected chi connectivity index (χ0v) is 22.9. The summed E-state index contributed by atoms with van der Waals surface area (Å²) < 4.78 is 0. The van der Waals surface area contributed by atoms with Gasteiger partial charge in [-0.3, -0.25) is 0 Å². The van der Waals surface area contributed by atoms with E-state index in [9.17, 15) is 0 Å². The van der Waals surface area contributed by atoms with Crippen molar-refractivity contribution in [1.29, 1.82) is 0 Å². The summed E-state index contributed by atoms with van der Waals surface area (Å²) in [5.74, 6) is 0. The third-order valence-electron chi connectivity index (χ3n) is 8.60. The first-order valence-electron chi connectivity index (χ1n) is 14.3. The molecule has 0 amide bonds. The van der Waals surface area contributed by atoms with Gasteiger partial charge in [0.2, 0.25) is 0 Å². The zero-order chi connectivity index (χ0) is 27.3. The van der Waals surface area contributed by atoms with Crippen molar-refractivity contribution in [3.8, 4) is 33.4 Å². The minimum absolute atomic E-state index is 1.24. The van der Waals surface area contributed by atoms with Gasteiger partial charge in [-0.05, 0) is 95.0 Å². The van der Waals surface area contributed by atoms with Crippen molar-refractivity contribution in [3.05, 3.63) is 157 Å². The summed E-state index contributed by atoms with van der Waals surface area (Å²) in [6, 6.07) is 55.6. The lowest BCUT2D eigenvalue weighted by Gasteiger charge is -2.20. The molecule has 0 nitrogen and oxygen atoms in total. The molecule has 0 heterocycles. The summed E-state index contributed by atoms with van der Waals surface area (Å²) in [4.78, 5) is 0. The average molecular weight is 521 g/mol. The summed E-state index contributed by atoms with van der Waals surface area (Å²) in [6.45, 7) is 2.24. The third-order valence-corrected chi connectivity index (χ3v) is 8.60. The molecule has 0 atom stereocenters. The first kappa shape index (κ1) is 23.7. The second-order valence-corrected chi connectivity index (χ2v) is 10.9. The van der Waals surface area contributed by atoms with Crippen LogP contribution in [0.1, 0.15) is 5.56 Å². The molecule has 0 bridgehead atoms. The van der Waals surface area contributed by atoms with Crippen molar-refractivity contribution in [2.75, 3.05) is 0 Å². The van der Waals surface area contributed by atoms with Gasteiger partial charge in [0, 0.05) is 0 Å². The van der Waals surface area contributed by atoms with Crippen LogP contribution in [0.25, 0.3) is 76.5 Å². The molecule has 0 saturated heterocycles. The lowest BCUT2D eigenvalue weighted by Crippen LogP contribution is -1.93. The lowest BCUT2D eigenvalue weighted by atomic mass is 9.83. The Kier molecular flexibility index (Phi) is 5.47. The number of fused-ring (bicyclic) bond motifs is 4. The molecule has 0 spiro atoms. The molecule has 0 saturated carbocycles. The summed E-state index contributed by atoms with van der Waals surface area (Å²) in [7, 11) is 0. The van der Waals surface area contributed by atoms with E-state index >= 15 is 0 Å². The van der Waals surface area contributed by atoms with E-state index in [2.05, 4.69) is 159 Å². The van der Waals surface area contributed by atoms with E-state index in [1.807, 2.05) is 0 Å². The number of hydrogen-bond donors (Lipinski definition) is 0. The lowest BCUT2D eigenvalue weighted by molar-refractivity contribution is 1.47. The van der Waals surface area contributed by atoms with Gasteiger partial charge in [0.05, 0.1) is 0 Å². The monoisotopic (exact) mass is 520 g/mol. The van der Waals surface area contributed by atoms with Crippen molar-refractivity contribution < 1.29 is 0 Å². The Morgan fingerprint density at radius 1 is 0.317 bits per heavy atom. The van der Waals surface area contributed by atoms with Gasteiger partial charge in [-0.1, -0.05) is 146 Å². The molecular weight excluding hydrogens is 492 g/mol. The van der Waals surface area contributed by atoms with Crippen LogP contribution in [-0.4, -0.2) is 0 Å². The van der Waals surface area contributed by atoms with Crippen molar-refractivity contribution in [2.45, 2.75) is 6.92 Å². The highest BCUT2D eigenvalue weighted by Crippen LogP contribution is 2.46. The van der Waals surface area contributed by atoms with Gasteiger partial charge in [0.15, 0.2) is 0 Å². The van der Waals surface area contributed by atoms with Gasteiger partial charge in [0.1, 0.15) is 0 Å². The fourth-order valence-electron chi connectivity index (χ4n) is 6.69. The van der Waals surface area contributed by atoms with Crippen molar-refractivity contribution in [3.63, 3.8) is 0 Å². The topological polar surface area (TPSA) is 0 Å². The van der Waals surface area contributed by atoms with Crippen LogP contribution in [0.4, 0.5) is 0 Å². The van der Waals surface area contributed by atoms with Crippen LogP contribution in [-0.2, 0) is 0 Å². The highest BCUT2D eigenvalue weighted by atomic mass is 14.2. The molecular formula is C41H28. The Labute approximate surface area is 240 Å². The number of rotatable bonds is 3. The van der Waals surface area contributed by atoms with Gasteiger partial charge in [0.25, 0.3) is 0 Å². The number of aryl methyl sites for hydroxylation is 1. The molecule has 0 aliphatic rings. The Bertz CT molecular complexity index is 2200. The minimum atomic E-state index is 1.24. The fourth-order valence-corrected chi connectivity index (χ4v) is 6.69. The predicted octanol–water partition coefficient (Wildman–Crippen LogP) is 11.6. The highest BCUT2D eigenvalue weighted by molar-refractivity contribution is 6.23. The average Bonchev–Trinajstić information content (AvgIpc) is 3.04. The Balaban J connectivity index is 1.47. The van der Waals surface area contributed by atoms with Gasteiger partial charge in [-0.15, -0.1) is 0 Å². The zero-order valence-electron chi connectivity index (χ0n) is 22.9. The maximum Gasteiger partial charge on any atom is -0.00201 e. The smallest absolute Gasteiger partial charge is 0.00201 e. The van der Waals surface area contributed by atoms with Crippen molar-refractivity contribution >= 4 is 43.1 Å². The second-order valence-electron chi connectivity index (χ2n) is 10.9. The molecule has 0 N–H and O–H groups in total. The Morgan fingerprint density at radius 2 is 0.732 bits per heavy atom. The molecule has 0 fully saturated rings. The van der Waals surface area contributed by atoms with E-state index in [4.69, 9.17) is 0 Å². The van der Waals surface area contributed by atoms with Crippen LogP contribution in [0.15, 0.2) is 152 Å². The van der Waals surface area contributed by atoms with Gasteiger partial charge < -0.3 is 0 Å². The van der Waals surface area contributed by atoms with E-state index in [0.29, 0.717) is 0 Å². The van der Waals surface area contributed by atoms with Crippen LogP contribution in [0, 0.1) is 6.92 Å². The van der Waals surface area contributed by atoms with E-state index in [-0.39, 0.29) is 0 Å². The first-order valence-corrected chi connectivity index (χ1v) is 14.3. The number of hydrogen-bond acceptors (Lipinski definition) is 0. The molecule has 192 valence electrons. The third kappa shape index (κ3) is 3.76. The minimum Gasteiger partial charge on any atom is -0.0616 e. The molecule has 8 aromatic carbocycles. The normalized spacial score (nSPS) is 11.5. The molecule has 0 radical (unpaired) electrons. The second kappa shape index (κ2) is 9.47. The van der Waals surface area contributed by atoms with Crippen molar-refractivity contribution in [2.24, 2.45) is 0 Å². The largest absolute Gasteiger partial charge is 0.0616 e. The van der Waals surface area contributed by atoms with Crippen LogP contribution in [0.5, 0.6) is 0 Å². The van der Waals surface area contributed by atoms with E-state index in [1.165, 1.54) is 82.0 Å². The Morgan fingerprint density at radius 3 is 1.29 bits per heavy atom. The quantitative estimate of drug-likeness (QED) is 0.203. The maximum absolute atomic E-state index is 2.41. The summed E-state index contributed by atoms with van der Waals surface area (Å²) in [5, 5.41) is 10.2. The summed E-state index contributed by atoms with van der Waals surface area (Å²) in [5.41, 5.74) is 8.97. The van der Waals surface area contributed by atoms with Crippen molar-refractivity contribution in [1.82, 2.24) is 0 Å². The molecule has 8 aromatic rings. The van der Waals surface area contributed by atoms with Gasteiger partial charge in [-0.25, -0.2) is 0 Å². The van der Waals surface area contributed by atoms with Gasteiger partial charge in [-0.2, -0.15) is 0 Å². The molecule has 0 aromatic heterocycles. The highest BCUT2D eigenvalue weighted by Gasteiger charge is 2.19. The Hall–Kier alpha value is -5.20. The molecule has 0 unspecified atom stereocenters. The number of benzene rings is 8. The molecule has 41 heavy (non-hydrogen) atoms. The van der Waals surface area contributed by atoms with Crippen LogP contribution < -0.4 is 0 Å². The van der Waals surface area contributed by atoms with Crippen LogP contribution >= 0.6 is 0 Å². The van der Waals surface area contributed by atoms with Crippen LogP contribution in [0.2, 0.25) is 0 Å². The van der Waals surface area contributed by atoms with Crippen LogP contribution in [0.3, 0.4) is 0 Å². The molecule has 0 aliphatic heterocycles. The molecule has 0 aliphatic carbocycles. The molecule has 8 rings (SSSR count). The van der Waals surface area contributed by atoms with E-state index < -0.39 is 0 Å². The van der Waals surface area contributed by atoms with Gasteiger partial charge >= 0.3 is 0 Å². The SMILES string of the molecule is Cc1ccc(-c2cccc3ccccc23)cc1-c1c2ccccc2c(-c2cccc3ccccc23)c2ccccc12. The summed E-state index contributed by atoms with van der Waals surface area (Å²) >= 11 is 0. The molecule has 0 heteroatoms. The summed E-state index contributed by atoms with van der Waals surface area (Å²) in [6.07, 6.45) is 0. The maximum atomic E-state index is 2.41. The van der Waals surface area contributed by atoms with E-state index in [0.717, 1.165) is 0 Å². The predicted molar refractivity (Wildman–Crippen MR) is 178 cm³/mol. The van der Waals surface area contributed by atoms with E-state index in [1.54, 1.807) is 0 Å². The first-order chi connectivity index (χ1) is 20.3. The fraction of sp³-hybridized carbons (Fsp3) is 0.0244. The standard InChI is InChI=1S/C41H28/c1-27-24-25-30(33-22-10-14-28-12-2-4-16-31(28)33)26-39(27)41-37-20-8-6-18-35(37)40(36-19-7-9-21-38(36)41)34-23-11-15-29-13-3-5-17-32(29)34/h2-26H,1H3.